The van der Waals surface area contributed by atoms with E-state index in [0.29, 0.717) is 12.4 Å². The largest absolute Gasteiger partial charge is 0.497 e. The molecule has 3 rings (SSSR count). The summed E-state index contributed by atoms with van der Waals surface area (Å²) in [7, 11) is 1.62. The number of hydrogen-bond acceptors (Lipinski definition) is 3. The van der Waals surface area contributed by atoms with Gasteiger partial charge in [-0.25, -0.2) is 4.79 Å². The first-order valence-corrected chi connectivity index (χ1v) is 6.55. The monoisotopic (exact) mass is 282 g/mol. The Hall–Kier alpha value is -2.75. The van der Waals surface area contributed by atoms with Gasteiger partial charge in [0.05, 0.1) is 7.11 Å². The van der Waals surface area contributed by atoms with Crippen LogP contribution in [-0.4, -0.2) is 24.8 Å². The lowest BCUT2D eigenvalue weighted by atomic mass is 9.93. The third-order valence-corrected chi connectivity index (χ3v) is 3.45. The Bertz CT molecular complexity index is 714. The molecule has 2 aromatic rings. The number of carboxylic acid groups (broad SMARTS) is 1. The van der Waals surface area contributed by atoms with Crippen molar-refractivity contribution in [1.29, 1.82) is 0 Å². The quantitative estimate of drug-likeness (QED) is 0.939. The Morgan fingerprint density at radius 2 is 1.95 bits per heavy atom. The van der Waals surface area contributed by atoms with Crippen LogP contribution in [0.5, 0.6) is 11.5 Å². The van der Waals surface area contributed by atoms with E-state index in [-0.39, 0.29) is 5.56 Å². The summed E-state index contributed by atoms with van der Waals surface area (Å²) >= 11 is 0. The molecule has 0 saturated heterocycles. The van der Waals surface area contributed by atoms with Gasteiger partial charge in [-0.15, -0.1) is 0 Å². The molecule has 1 aliphatic rings. The van der Waals surface area contributed by atoms with Gasteiger partial charge < -0.3 is 14.6 Å². The topological polar surface area (TPSA) is 55.8 Å². The van der Waals surface area contributed by atoms with E-state index in [2.05, 4.69) is 0 Å². The predicted molar refractivity (Wildman–Crippen MR) is 79.0 cm³/mol. The number of carbonyl (C=O) groups is 1. The van der Waals surface area contributed by atoms with Crippen molar-refractivity contribution in [3.8, 4) is 11.5 Å². The Kier molecular flexibility index (Phi) is 3.36. The number of para-hydroxylation sites is 1. The van der Waals surface area contributed by atoms with Crippen LogP contribution in [0.4, 0.5) is 0 Å². The molecule has 0 aromatic heterocycles. The molecule has 0 unspecified atom stereocenters. The van der Waals surface area contributed by atoms with E-state index in [1.54, 1.807) is 19.2 Å². The standard InChI is InChI=1S/C17H14O4/c1-20-12-7-5-11(6-8-12)13-9-10-21-16-14(13)3-2-4-15(16)17(18)19/h2-9H,10H2,1H3,(H,18,19). The van der Waals surface area contributed by atoms with Gasteiger partial charge >= 0.3 is 5.97 Å². The minimum Gasteiger partial charge on any atom is -0.497 e. The van der Waals surface area contributed by atoms with Crippen molar-refractivity contribution in [2.24, 2.45) is 0 Å². The van der Waals surface area contributed by atoms with Crippen LogP contribution in [0.15, 0.2) is 48.5 Å². The fourth-order valence-corrected chi connectivity index (χ4v) is 2.44. The van der Waals surface area contributed by atoms with E-state index in [4.69, 9.17) is 9.47 Å². The van der Waals surface area contributed by atoms with Crippen molar-refractivity contribution in [2.45, 2.75) is 0 Å². The zero-order valence-electron chi connectivity index (χ0n) is 11.5. The number of methoxy groups -OCH3 is 1. The lowest BCUT2D eigenvalue weighted by molar-refractivity contribution is 0.0692. The fraction of sp³-hybridized carbons (Fsp3) is 0.118. The first-order valence-electron chi connectivity index (χ1n) is 6.55. The molecule has 0 spiro atoms. The zero-order valence-corrected chi connectivity index (χ0v) is 11.5. The Morgan fingerprint density at radius 1 is 1.19 bits per heavy atom. The average molecular weight is 282 g/mol. The maximum atomic E-state index is 11.3. The summed E-state index contributed by atoms with van der Waals surface area (Å²) in [6, 6.07) is 12.8. The van der Waals surface area contributed by atoms with Gasteiger partial charge in [-0.05, 0) is 35.4 Å². The molecule has 0 radical (unpaired) electrons. The third kappa shape index (κ3) is 2.36. The average Bonchev–Trinajstić information content (AvgIpc) is 2.53. The summed E-state index contributed by atoms with van der Waals surface area (Å²) in [5, 5.41) is 9.25. The van der Waals surface area contributed by atoms with Crippen LogP contribution in [0.1, 0.15) is 21.5 Å². The van der Waals surface area contributed by atoms with E-state index in [9.17, 15) is 9.90 Å². The van der Waals surface area contributed by atoms with E-state index >= 15 is 0 Å². The maximum absolute atomic E-state index is 11.3. The van der Waals surface area contributed by atoms with Crippen LogP contribution in [-0.2, 0) is 0 Å². The highest BCUT2D eigenvalue weighted by atomic mass is 16.5. The van der Waals surface area contributed by atoms with Crippen LogP contribution in [0, 0.1) is 0 Å². The normalized spacial score (nSPS) is 12.9. The molecule has 1 aliphatic heterocycles. The van der Waals surface area contributed by atoms with Gasteiger partial charge in [-0.3, -0.25) is 0 Å². The van der Waals surface area contributed by atoms with Crippen molar-refractivity contribution >= 4 is 11.5 Å². The molecule has 4 nitrogen and oxygen atoms in total. The second-order valence-electron chi connectivity index (χ2n) is 4.64. The highest BCUT2D eigenvalue weighted by Crippen LogP contribution is 2.37. The molecule has 4 heteroatoms. The van der Waals surface area contributed by atoms with Gasteiger partial charge in [0.1, 0.15) is 23.7 Å². The molecular weight excluding hydrogens is 268 g/mol. The molecule has 0 fully saturated rings. The third-order valence-electron chi connectivity index (χ3n) is 3.45. The number of hydrogen-bond donors (Lipinski definition) is 1. The maximum Gasteiger partial charge on any atom is 0.339 e. The van der Waals surface area contributed by atoms with E-state index in [1.165, 1.54) is 0 Å². The molecule has 0 saturated carbocycles. The molecule has 0 atom stereocenters. The van der Waals surface area contributed by atoms with Crippen LogP contribution in [0.3, 0.4) is 0 Å². The number of rotatable bonds is 3. The van der Waals surface area contributed by atoms with Crippen molar-refractivity contribution in [3.05, 3.63) is 65.2 Å². The lowest BCUT2D eigenvalue weighted by Crippen LogP contribution is -2.10. The first-order chi connectivity index (χ1) is 10.2. The van der Waals surface area contributed by atoms with Crippen molar-refractivity contribution in [3.63, 3.8) is 0 Å². The minimum absolute atomic E-state index is 0.187. The molecule has 0 amide bonds. The minimum atomic E-state index is -0.983. The SMILES string of the molecule is COc1ccc(C2=CCOc3c(C(=O)O)cccc32)cc1. The Balaban J connectivity index is 2.08. The molecule has 21 heavy (non-hydrogen) atoms. The van der Waals surface area contributed by atoms with Crippen LogP contribution < -0.4 is 9.47 Å². The van der Waals surface area contributed by atoms with E-state index < -0.39 is 5.97 Å². The summed E-state index contributed by atoms with van der Waals surface area (Å²) in [4.78, 5) is 11.3. The highest BCUT2D eigenvalue weighted by Gasteiger charge is 2.21. The molecule has 2 aromatic carbocycles. The molecule has 1 heterocycles. The Morgan fingerprint density at radius 3 is 2.62 bits per heavy atom. The Labute approximate surface area is 122 Å². The van der Waals surface area contributed by atoms with Gasteiger partial charge in [-0.1, -0.05) is 24.3 Å². The number of aromatic carboxylic acids is 1. The van der Waals surface area contributed by atoms with E-state index in [0.717, 1.165) is 22.4 Å². The number of benzene rings is 2. The smallest absolute Gasteiger partial charge is 0.339 e. The van der Waals surface area contributed by atoms with Gasteiger partial charge in [0.25, 0.3) is 0 Å². The van der Waals surface area contributed by atoms with Gasteiger partial charge in [-0.2, -0.15) is 0 Å². The number of fused-ring (bicyclic) bond motifs is 1. The van der Waals surface area contributed by atoms with Crippen molar-refractivity contribution < 1.29 is 19.4 Å². The molecule has 0 aliphatic carbocycles. The lowest BCUT2D eigenvalue weighted by Gasteiger charge is -2.20. The van der Waals surface area contributed by atoms with Gasteiger partial charge in [0.2, 0.25) is 0 Å². The van der Waals surface area contributed by atoms with E-state index in [1.807, 2.05) is 36.4 Å². The van der Waals surface area contributed by atoms with Gasteiger partial charge in [0.15, 0.2) is 0 Å². The van der Waals surface area contributed by atoms with Crippen molar-refractivity contribution in [2.75, 3.05) is 13.7 Å². The summed E-state index contributed by atoms with van der Waals surface area (Å²) in [5.41, 5.74) is 2.96. The summed E-state index contributed by atoms with van der Waals surface area (Å²) in [6.45, 7) is 0.360. The number of carboxylic acids is 1. The van der Waals surface area contributed by atoms with Crippen molar-refractivity contribution in [1.82, 2.24) is 0 Å². The summed E-state index contributed by atoms with van der Waals surface area (Å²) in [5.74, 6) is 0.229. The highest BCUT2D eigenvalue weighted by molar-refractivity contribution is 5.95. The van der Waals surface area contributed by atoms with Crippen LogP contribution in [0.25, 0.3) is 5.57 Å². The predicted octanol–water partition coefficient (Wildman–Crippen LogP) is 3.22. The molecule has 1 N–H and O–H groups in total. The second kappa shape index (κ2) is 5.32. The summed E-state index contributed by atoms with van der Waals surface area (Å²) < 4.78 is 10.7. The fourth-order valence-electron chi connectivity index (χ4n) is 2.44. The number of ether oxygens (including phenoxy) is 2. The molecule has 0 bridgehead atoms. The molecular formula is C17H14O4. The summed E-state index contributed by atoms with van der Waals surface area (Å²) in [6.07, 6.45) is 1.95. The van der Waals surface area contributed by atoms with Crippen LogP contribution in [0.2, 0.25) is 0 Å². The second-order valence-corrected chi connectivity index (χ2v) is 4.64. The van der Waals surface area contributed by atoms with Crippen LogP contribution >= 0.6 is 0 Å². The van der Waals surface area contributed by atoms with Gasteiger partial charge in [0, 0.05) is 5.56 Å². The first kappa shape index (κ1) is 13.2. The molecule has 106 valence electrons. The zero-order chi connectivity index (χ0) is 14.8.